The van der Waals surface area contributed by atoms with Crippen LogP contribution in [-0.2, 0) is 0 Å². The van der Waals surface area contributed by atoms with Gasteiger partial charge >= 0.3 is 11.6 Å². The molecular weight excluding hydrogens is 370 g/mol. The summed E-state index contributed by atoms with van der Waals surface area (Å²) in [6, 6.07) is 18.5. The number of benzene rings is 2. The average Bonchev–Trinajstić information content (AvgIpc) is 2.74. The second-order valence-electron chi connectivity index (χ2n) is 6.39. The summed E-state index contributed by atoms with van der Waals surface area (Å²) in [5.41, 5.74) is 1.86. The normalized spacial score (nSPS) is 10.7. The second kappa shape index (κ2) is 7.51. The molecule has 0 radical (unpaired) electrons. The Kier molecular flexibility index (Phi) is 4.74. The Morgan fingerprint density at radius 1 is 1.00 bits per heavy atom. The number of nitro groups is 1. The summed E-state index contributed by atoms with van der Waals surface area (Å²) in [5.74, 6) is 0.385. The minimum atomic E-state index is -0.534. The van der Waals surface area contributed by atoms with Gasteiger partial charge in [-0.05, 0) is 31.2 Å². The fraction of sp³-hybridized carbons (Fsp3) is 0.0952. The van der Waals surface area contributed by atoms with Crippen LogP contribution in [0.5, 0.6) is 11.6 Å². The van der Waals surface area contributed by atoms with E-state index in [-0.39, 0.29) is 17.4 Å². The van der Waals surface area contributed by atoms with Gasteiger partial charge in [-0.25, -0.2) is 9.97 Å². The Bertz CT molecular complexity index is 1200. The summed E-state index contributed by atoms with van der Waals surface area (Å²) in [5, 5.41) is 12.8. The van der Waals surface area contributed by atoms with Gasteiger partial charge in [-0.2, -0.15) is 4.98 Å². The van der Waals surface area contributed by atoms with E-state index in [1.807, 2.05) is 55.5 Å². The van der Waals surface area contributed by atoms with Gasteiger partial charge in [0, 0.05) is 23.8 Å². The molecule has 0 amide bonds. The molecule has 4 aromatic rings. The van der Waals surface area contributed by atoms with E-state index >= 15 is 0 Å². The van der Waals surface area contributed by atoms with Crippen LogP contribution in [0.25, 0.3) is 10.9 Å². The van der Waals surface area contributed by atoms with Crippen molar-refractivity contribution in [1.29, 1.82) is 0 Å². The van der Waals surface area contributed by atoms with Crippen molar-refractivity contribution in [2.45, 2.75) is 6.92 Å². The topological polar surface area (TPSA) is 94.3 Å². The van der Waals surface area contributed by atoms with E-state index in [4.69, 9.17) is 4.74 Å². The molecule has 8 nitrogen and oxygen atoms in total. The summed E-state index contributed by atoms with van der Waals surface area (Å²) >= 11 is 0. The van der Waals surface area contributed by atoms with Crippen molar-refractivity contribution in [2.24, 2.45) is 0 Å². The van der Waals surface area contributed by atoms with E-state index in [0.717, 1.165) is 16.8 Å². The first-order valence-corrected chi connectivity index (χ1v) is 8.87. The molecule has 144 valence electrons. The zero-order valence-corrected chi connectivity index (χ0v) is 15.8. The lowest BCUT2D eigenvalue weighted by molar-refractivity contribution is -0.385. The van der Waals surface area contributed by atoms with Gasteiger partial charge in [0.1, 0.15) is 11.8 Å². The standard InChI is InChI=1S/C21H17N5O3/c1-14-11-12-15-7-6-10-17(18(15)24-14)29-21-19(26(27)28)20(22-13-23-21)25(2)16-8-4-3-5-9-16/h3-13H,1-2H3. The predicted octanol–water partition coefficient (Wildman–Crippen LogP) is 4.80. The lowest BCUT2D eigenvalue weighted by Gasteiger charge is -2.18. The molecule has 0 spiro atoms. The SMILES string of the molecule is Cc1ccc2cccc(Oc3ncnc(N(C)c4ccccc4)c3[N+](=O)[O-])c2n1. The van der Waals surface area contributed by atoms with Crippen LogP contribution < -0.4 is 9.64 Å². The molecule has 0 saturated carbocycles. The minimum Gasteiger partial charge on any atom is -0.431 e. The van der Waals surface area contributed by atoms with Gasteiger partial charge in [-0.1, -0.05) is 36.4 Å². The quantitative estimate of drug-likeness (QED) is 0.358. The number of para-hydroxylation sites is 2. The molecule has 0 aliphatic rings. The summed E-state index contributed by atoms with van der Waals surface area (Å²) in [4.78, 5) is 25.6. The first-order chi connectivity index (χ1) is 14.0. The van der Waals surface area contributed by atoms with E-state index in [0.29, 0.717) is 11.3 Å². The molecule has 0 aliphatic carbocycles. The minimum absolute atomic E-state index is 0.135. The van der Waals surface area contributed by atoms with Crippen molar-refractivity contribution in [3.05, 3.63) is 82.8 Å². The first-order valence-electron chi connectivity index (χ1n) is 8.87. The highest BCUT2D eigenvalue weighted by molar-refractivity contribution is 5.85. The molecule has 2 aromatic heterocycles. The highest BCUT2D eigenvalue weighted by Gasteiger charge is 2.28. The van der Waals surface area contributed by atoms with E-state index in [1.165, 1.54) is 6.33 Å². The Morgan fingerprint density at radius 2 is 1.79 bits per heavy atom. The molecule has 4 rings (SSSR count). The molecule has 0 fully saturated rings. The molecule has 0 atom stereocenters. The van der Waals surface area contributed by atoms with Crippen LogP contribution in [0, 0.1) is 17.0 Å². The van der Waals surface area contributed by atoms with Crippen molar-refractivity contribution in [1.82, 2.24) is 15.0 Å². The highest BCUT2D eigenvalue weighted by atomic mass is 16.6. The third kappa shape index (κ3) is 3.55. The van der Waals surface area contributed by atoms with Crippen LogP contribution >= 0.6 is 0 Å². The van der Waals surface area contributed by atoms with E-state index in [1.54, 1.807) is 24.1 Å². The first kappa shape index (κ1) is 18.3. The third-order valence-corrected chi connectivity index (χ3v) is 4.44. The van der Waals surface area contributed by atoms with Gasteiger partial charge in [0.2, 0.25) is 5.82 Å². The Morgan fingerprint density at radius 3 is 2.55 bits per heavy atom. The average molecular weight is 387 g/mol. The number of ether oxygens (including phenoxy) is 1. The second-order valence-corrected chi connectivity index (χ2v) is 6.39. The van der Waals surface area contributed by atoms with Gasteiger partial charge in [-0.15, -0.1) is 0 Å². The Labute approximate surface area is 166 Å². The number of fused-ring (bicyclic) bond motifs is 1. The van der Waals surface area contributed by atoms with Gasteiger partial charge in [-0.3, -0.25) is 10.1 Å². The lowest BCUT2D eigenvalue weighted by Crippen LogP contribution is -2.14. The number of hydrogen-bond donors (Lipinski definition) is 0. The zero-order chi connectivity index (χ0) is 20.4. The molecule has 0 saturated heterocycles. The van der Waals surface area contributed by atoms with Gasteiger partial charge in [0.15, 0.2) is 5.75 Å². The number of aromatic nitrogens is 3. The molecule has 0 bridgehead atoms. The molecule has 8 heteroatoms. The Balaban J connectivity index is 1.82. The number of nitrogens with zero attached hydrogens (tertiary/aromatic N) is 5. The van der Waals surface area contributed by atoms with Crippen molar-refractivity contribution in [2.75, 3.05) is 11.9 Å². The van der Waals surface area contributed by atoms with Gasteiger partial charge < -0.3 is 9.64 Å². The highest BCUT2D eigenvalue weighted by Crippen LogP contribution is 2.39. The molecule has 0 unspecified atom stereocenters. The maximum atomic E-state index is 11.9. The van der Waals surface area contributed by atoms with Crippen LogP contribution in [0.15, 0.2) is 67.0 Å². The maximum Gasteiger partial charge on any atom is 0.373 e. The summed E-state index contributed by atoms with van der Waals surface area (Å²) < 4.78 is 5.88. The number of aryl methyl sites for hydroxylation is 1. The van der Waals surface area contributed by atoms with Crippen molar-refractivity contribution >= 4 is 28.1 Å². The number of anilines is 2. The number of rotatable bonds is 5. The number of hydrogen-bond acceptors (Lipinski definition) is 7. The molecule has 2 heterocycles. The molecule has 29 heavy (non-hydrogen) atoms. The van der Waals surface area contributed by atoms with Gasteiger partial charge in [0.25, 0.3) is 0 Å². The molecular formula is C21H17N5O3. The van der Waals surface area contributed by atoms with Gasteiger partial charge in [0.05, 0.1) is 4.92 Å². The predicted molar refractivity (Wildman–Crippen MR) is 110 cm³/mol. The molecule has 0 aliphatic heterocycles. The zero-order valence-electron chi connectivity index (χ0n) is 15.8. The fourth-order valence-electron chi connectivity index (χ4n) is 3.01. The lowest BCUT2D eigenvalue weighted by atomic mass is 10.2. The van der Waals surface area contributed by atoms with Crippen LogP contribution in [0.1, 0.15) is 5.69 Å². The third-order valence-electron chi connectivity index (χ3n) is 4.44. The largest absolute Gasteiger partial charge is 0.431 e. The van der Waals surface area contributed by atoms with E-state index < -0.39 is 4.92 Å². The van der Waals surface area contributed by atoms with Crippen molar-refractivity contribution in [3.63, 3.8) is 0 Å². The maximum absolute atomic E-state index is 11.9. The summed E-state index contributed by atoms with van der Waals surface area (Å²) in [6.45, 7) is 1.87. The summed E-state index contributed by atoms with van der Waals surface area (Å²) in [6.07, 6.45) is 1.25. The summed E-state index contributed by atoms with van der Waals surface area (Å²) in [7, 11) is 1.71. The van der Waals surface area contributed by atoms with Crippen molar-refractivity contribution in [3.8, 4) is 11.6 Å². The molecule has 0 N–H and O–H groups in total. The Hall–Kier alpha value is -4.07. The van der Waals surface area contributed by atoms with Crippen LogP contribution in [0.3, 0.4) is 0 Å². The van der Waals surface area contributed by atoms with Crippen LogP contribution in [0.2, 0.25) is 0 Å². The van der Waals surface area contributed by atoms with Crippen molar-refractivity contribution < 1.29 is 9.66 Å². The van der Waals surface area contributed by atoms with Crippen LogP contribution in [-0.4, -0.2) is 26.9 Å². The van der Waals surface area contributed by atoms with E-state index in [9.17, 15) is 10.1 Å². The number of pyridine rings is 1. The fourth-order valence-corrected chi connectivity index (χ4v) is 3.01. The molecule has 2 aromatic carbocycles. The van der Waals surface area contributed by atoms with Crippen LogP contribution in [0.4, 0.5) is 17.2 Å². The van der Waals surface area contributed by atoms with E-state index in [2.05, 4.69) is 15.0 Å². The monoisotopic (exact) mass is 387 g/mol. The smallest absolute Gasteiger partial charge is 0.373 e.